The lowest BCUT2D eigenvalue weighted by atomic mass is 9.95. The molecule has 1 fully saturated rings. The molecular weight excluding hydrogens is 241 g/mol. The van der Waals surface area contributed by atoms with Gasteiger partial charge in [0.2, 0.25) is 0 Å². The third kappa shape index (κ3) is 3.18. The third-order valence-electron chi connectivity index (χ3n) is 2.92. The maximum atomic E-state index is 13.0. The van der Waals surface area contributed by atoms with Crippen LogP contribution in [0.3, 0.4) is 0 Å². The van der Waals surface area contributed by atoms with Crippen LogP contribution in [0.15, 0.2) is 18.2 Å². The summed E-state index contributed by atoms with van der Waals surface area (Å²) in [7, 11) is 0. The van der Waals surface area contributed by atoms with Crippen LogP contribution in [0.2, 0.25) is 5.02 Å². The minimum absolute atomic E-state index is 0.107. The predicted octanol–water partition coefficient (Wildman–Crippen LogP) is 3.17. The first kappa shape index (κ1) is 12.8. The maximum absolute atomic E-state index is 13.0. The molecule has 1 aromatic rings. The van der Waals surface area contributed by atoms with Crippen LogP contribution in [0, 0.1) is 11.2 Å². The Hall–Kier alpha value is -0.640. The molecule has 0 aromatic heterocycles. The molecule has 1 atom stereocenters. The summed E-state index contributed by atoms with van der Waals surface area (Å²) in [6.45, 7) is 6.57. The van der Waals surface area contributed by atoms with Crippen LogP contribution in [-0.4, -0.2) is 19.7 Å². The number of benzene rings is 1. The predicted molar refractivity (Wildman–Crippen MR) is 66.8 cm³/mol. The molecular formula is C13H17ClFNO. The summed E-state index contributed by atoms with van der Waals surface area (Å²) in [4.78, 5) is 0. The third-order valence-corrected chi connectivity index (χ3v) is 3.25. The normalized spacial score (nSPS) is 24.4. The van der Waals surface area contributed by atoms with Crippen molar-refractivity contribution in [1.29, 1.82) is 0 Å². The Kier molecular flexibility index (Phi) is 3.71. The lowest BCUT2D eigenvalue weighted by Crippen LogP contribution is -2.29. The molecule has 1 unspecified atom stereocenters. The Morgan fingerprint density at radius 2 is 2.24 bits per heavy atom. The first-order chi connectivity index (χ1) is 7.98. The highest BCUT2D eigenvalue weighted by atomic mass is 35.5. The minimum Gasteiger partial charge on any atom is -0.372 e. The van der Waals surface area contributed by atoms with Crippen LogP contribution < -0.4 is 5.32 Å². The van der Waals surface area contributed by atoms with Crippen LogP contribution in [-0.2, 0) is 4.74 Å². The van der Waals surface area contributed by atoms with E-state index in [0.717, 1.165) is 12.1 Å². The summed E-state index contributed by atoms with van der Waals surface area (Å²) in [5, 5.41) is 3.78. The van der Waals surface area contributed by atoms with Gasteiger partial charge in [0.1, 0.15) is 5.82 Å². The van der Waals surface area contributed by atoms with Crippen molar-refractivity contribution in [2.75, 3.05) is 19.7 Å². The molecule has 94 valence electrons. The Bertz CT molecular complexity index is 408. The van der Waals surface area contributed by atoms with Crippen molar-refractivity contribution in [1.82, 2.24) is 5.32 Å². The van der Waals surface area contributed by atoms with Crippen LogP contribution >= 0.6 is 11.6 Å². The Morgan fingerprint density at radius 1 is 1.47 bits per heavy atom. The average molecular weight is 258 g/mol. The molecule has 1 heterocycles. The van der Waals surface area contributed by atoms with E-state index in [4.69, 9.17) is 16.3 Å². The van der Waals surface area contributed by atoms with Gasteiger partial charge in [-0.1, -0.05) is 31.5 Å². The maximum Gasteiger partial charge on any atom is 0.124 e. The SMILES string of the molecule is CC1(C)CNCC(c2ccc(F)cc2Cl)OC1. The molecule has 1 aromatic carbocycles. The van der Waals surface area contributed by atoms with Gasteiger partial charge in [0.15, 0.2) is 0 Å². The quantitative estimate of drug-likeness (QED) is 0.834. The largest absolute Gasteiger partial charge is 0.372 e. The molecule has 1 aliphatic heterocycles. The zero-order valence-corrected chi connectivity index (χ0v) is 10.9. The van der Waals surface area contributed by atoms with Gasteiger partial charge < -0.3 is 10.1 Å². The summed E-state index contributed by atoms with van der Waals surface area (Å²) in [6.07, 6.45) is -0.107. The van der Waals surface area contributed by atoms with E-state index in [2.05, 4.69) is 19.2 Å². The topological polar surface area (TPSA) is 21.3 Å². The Balaban J connectivity index is 2.17. The second-order valence-electron chi connectivity index (χ2n) is 5.26. The number of hydrogen-bond donors (Lipinski definition) is 1. The highest BCUT2D eigenvalue weighted by molar-refractivity contribution is 6.31. The summed E-state index contributed by atoms with van der Waals surface area (Å²) < 4.78 is 18.8. The Morgan fingerprint density at radius 3 is 2.94 bits per heavy atom. The number of halogens is 2. The first-order valence-electron chi connectivity index (χ1n) is 5.75. The molecule has 0 aliphatic carbocycles. The summed E-state index contributed by atoms with van der Waals surface area (Å²) in [5.74, 6) is -0.319. The van der Waals surface area contributed by atoms with Crippen LogP contribution in [0.1, 0.15) is 25.5 Å². The van der Waals surface area contributed by atoms with E-state index in [1.54, 1.807) is 6.07 Å². The van der Waals surface area contributed by atoms with Gasteiger partial charge in [-0.25, -0.2) is 4.39 Å². The molecule has 1 N–H and O–H groups in total. The number of ether oxygens (including phenoxy) is 1. The zero-order chi connectivity index (χ0) is 12.5. The summed E-state index contributed by atoms with van der Waals surface area (Å²) in [6, 6.07) is 4.44. The van der Waals surface area contributed by atoms with Crippen molar-refractivity contribution in [3.8, 4) is 0 Å². The van der Waals surface area contributed by atoms with E-state index in [0.29, 0.717) is 18.2 Å². The average Bonchev–Trinajstić information content (AvgIpc) is 2.40. The van der Waals surface area contributed by atoms with Crippen molar-refractivity contribution in [2.24, 2.45) is 5.41 Å². The molecule has 0 bridgehead atoms. The van der Waals surface area contributed by atoms with Crippen molar-refractivity contribution in [3.63, 3.8) is 0 Å². The van der Waals surface area contributed by atoms with Crippen molar-refractivity contribution in [3.05, 3.63) is 34.6 Å². The fourth-order valence-electron chi connectivity index (χ4n) is 1.94. The Labute approximate surface area is 106 Å². The fraction of sp³-hybridized carbons (Fsp3) is 0.538. The highest BCUT2D eigenvalue weighted by Crippen LogP contribution is 2.29. The molecule has 0 amide bonds. The zero-order valence-electron chi connectivity index (χ0n) is 10.1. The molecule has 2 rings (SSSR count). The van der Waals surface area contributed by atoms with Crippen molar-refractivity contribution in [2.45, 2.75) is 20.0 Å². The molecule has 0 radical (unpaired) electrons. The molecule has 0 saturated carbocycles. The number of rotatable bonds is 1. The standard InChI is InChI=1S/C13H17ClFNO/c1-13(2)7-16-6-12(17-8-13)10-4-3-9(15)5-11(10)14/h3-5,12,16H,6-8H2,1-2H3. The van der Waals surface area contributed by atoms with Gasteiger partial charge in [-0.05, 0) is 12.1 Å². The van der Waals surface area contributed by atoms with Crippen LogP contribution in [0.4, 0.5) is 4.39 Å². The minimum atomic E-state index is -0.319. The van der Waals surface area contributed by atoms with E-state index in [9.17, 15) is 4.39 Å². The second-order valence-corrected chi connectivity index (χ2v) is 5.67. The van der Waals surface area contributed by atoms with Gasteiger partial charge in [0, 0.05) is 29.1 Å². The lowest BCUT2D eigenvalue weighted by Gasteiger charge is -2.22. The van der Waals surface area contributed by atoms with Crippen LogP contribution in [0.5, 0.6) is 0 Å². The number of hydrogen-bond acceptors (Lipinski definition) is 2. The smallest absolute Gasteiger partial charge is 0.124 e. The molecule has 1 saturated heterocycles. The van der Waals surface area contributed by atoms with E-state index in [-0.39, 0.29) is 17.3 Å². The molecule has 2 nitrogen and oxygen atoms in total. The molecule has 1 aliphatic rings. The monoisotopic (exact) mass is 257 g/mol. The van der Waals surface area contributed by atoms with E-state index in [1.807, 2.05) is 0 Å². The van der Waals surface area contributed by atoms with Gasteiger partial charge in [0.05, 0.1) is 12.7 Å². The fourth-order valence-corrected chi connectivity index (χ4v) is 2.23. The molecule has 17 heavy (non-hydrogen) atoms. The first-order valence-corrected chi connectivity index (χ1v) is 6.13. The van der Waals surface area contributed by atoms with E-state index < -0.39 is 0 Å². The van der Waals surface area contributed by atoms with Gasteiger partial charge in [-0.3, -0.25) is 0 Å². The van der Waals surface area contributed by atoms with Gasteiger partial charge in [0.25, 0.3) is 0 Å². The van der Waals surface area contributed by atoms with Crippen LogP contribution in [0.25, 0.3) is 0 Å². The summed E-state index contributed by atoms with van der Waals surface area (Å²) in [5.41, 5.74) is 0.958. The second kappa shape index (κ2) is 4.92. The summed E-state index contributed by atoms with van der Waals surface area (Å²) >= 11 is 6.04. The van der Waals surface area contributed by atoms with Gasteiger partial charge in [-0.15, -0.1) is 0 Å². The van der Waals surface area contributed by atoms with Crippen molar-refractivity contribution < 1.29 is 9.13 Å². The number of nitrogens with one attached hydrogen (secondary N) is 1. The van der Waals surface area contributed by atoms with E-state index >= 15 is 0 Å². The van der Waals surface area contributed by atoms with Gasteiger partial charge in [-0.2, -0.15) is 0 Å². The molecule has 4 heteroatoms. The van der Waals surface area contributed by atoms with Crippen molar-refractivity contribution >= 4 is 11.6 Å². The highest BCUT2D eigenvalue weighted by Gasteiger charge is 2.26. The van der Waals surface area contributed by atoms with Gasteiger partial charge >= 0.3 is 0 Å². The molecule has 0 spiro atoms. The lowest BCUT2D eigenvalue weighted by molar-refractivity contribution is 0.0260. The van der Waals surface area contributed by atoms with E-state index in [1.165, 1.54) is 12.1 Å².